The zero-order valence-corrected chi connectivity index (χ0v) is 13.3. The van der Waals surface area contributed by atoms with Gasteiger partial charge in [0.15, 0.2) is 12.4 Å². The lowest BCUT2D eigenvalue weighted by molar-refractivity contribution is -0.697. The fraction of sp³-hybridized carbons (Fsp3) is 0.250. The molecule has 0 bridgehead atoms. The minimum Gasteiger partial charge on any atom is -0.205 e. The molecule has 0 fully saturated rings. The zero-order valence-electron chi connectivity index (χ0n) is 13.3. The molecule has 0 aliphatic heterocycles. The van der Waals surface area contributed by atoms with Crippen LogP contribution in [0.2, 0.25) is 0 Å². The zero-order chi connectivity index (χ0) is 15.5. The Balaban J connectivity index is 2.53. The third-order valence-corrected chi connectivity index (χ3v) is 3.28. The normalized spacial score (nSPS) is 12.2. The Morgan fingerprint density at radius 1 is 1.19 bits per heavy atom. The molecule has 0 aromatic carbocycles. The summed E-state index contributed by atoms with van der Waals surface area (Å²) < 4.78 is 2.21. The fourth-order valence-corrected chi connectivity index (χ4v) is 2.06. The number of allylic oxidation sites excluding steroid dienone is 8. The van der Waals surface area contributed by atoms with Gasteiger partial charge in [-0.3, -0.25) is 0 Å². The highest BCUT2D eigenvalue weighted by Gasteiger charge is 2.02. The number of nitrogens with zero attached hydrogens (tertiary/aromatic N) is 1. The highest BCUT2D eigenvalue weighted by atomic mass is 14.9. The number of hydrogen-bond donors (Lipinski definition) is 0. The van der Waals surface area contributed by atoms with E-state index in [4.69, 9.17) is 0 Å². The molecule has 0 aliphatic rings. The van der Waals surface area contributed by atoms with E-state index in [9.17, 15) is 0 Å². The Kier molecular flexibility index (Phi) is 7.81. The SMILES string of the molecule is C=C/C(=C\C=C/C)CCC[n+]1ccc(C(=C)/C=C\C)cc1. The maximum atomic E-state index is 4.05. The monoisotopic (exact) mass is 280 g/mol. The molecule has 0 unspecified atom stereocenters. The van der Waals surface area contributed by atoms with Crippen LogP contribution in [-0.4, -0.2) is 0 Å². The molecule has 0 saturated heterocycles. The smallest absolute Gasteiger partial charge is 0.169 e. The second-order valence-electron chi connectivity index (χ2n) is 4.92. The molecule has 21 heavy (non-hydrogen) atoms. The first-order chi connectivity index (χ1) is 10.2. The summed E-state index contributed by atoms with van der Waals surface area (Å²) in [5, 5.41) is 0. The van der Waals surface area contributed by atoms with Crippen molar-refractivity contribution in [2.75, 3.05) is 0 Å². The van der Waals surface area contributed by atoms with Crippen molar-refractivity contribution in [3.05, 3.63) is 85.3 Å². The summed E-state index contributed by atoms with van der Waals surface area (Å²) >= 11 is 0. The highest BCUT2D eigenvalue weighted by molar-refractivity contribution is 5.71. The van der Waals surface area contributed by atoms with Gasteiger partial charge >= 0.3 is 0 Å². The van der Waals surface area contributed by atoms with Gasteiger partial charge < -0.3 is 0 Å². The Morgan fingerprint density at radius 2 is 1.90 bits per heavy atom. The minimum absolute atomic E-state index is 1.01. The van der Waals surface area contributed by atoms with E-state index < -0.39 is 0 Å². The van der Waals surface area contributed by atoms with Crippen molar-refractivity contribution in [3.8, 4) is 0 Å². The first kappa shape index (κ1) is 16.9. The van der Waals surface area contributed by atoms with Gasteiger partial charge in [-0.1, -0.05) is 49.6 Å². The van der Waals surface area contributed by atoms with Crippen molar-refractivity contribution in [1.29, 1.82) is 0 Å². The van der Waals surface area contributed by atoms with Crippen LogP contribution in [0.15, 0.2) is 79.7 Å². The molecule has 1 nitrogen and oxygen atoms in total. The summed E-state index contributed by atoms with van der Waals surface area (Å²) in [7, 11) is 0. The molecular formula is C20H26N+. The van der Waals surface area contributed by atoms with Gasteiger partial charge in [0.05, 0.1) is 0 Å². The van der Waals surface area contributed by atoms with Crippen LogP contribution < -0.4 is 4.57 Å². The van der Waals surface area contributed by atoms with Gasteiger partial charge in [-0.25, -0.2) is 4.57 Å². The second-order valence-corrected chi connectivity index (χ2v) is 4.92. The Bertz CT molecular complexity index is 542. The van der Waals surface area contributed by atoms with Gasteiger partial charge in [0.1, 0.15) is 6.54 Å². The summed E-state index contributed by atoms with van der Waals surface area (Å²) in [6.45, 7) is 13.0. The summed E-state index contributed by atoms with van der Waals surface area (Å²) in [5.41, 5.74) is 3.50. The van der Waals surface area contributed by atoms with Crippen molar-refractivity contribution in [2.45, 2.75) is 33.2 Å². The third kappa shape index (κ3) is 6.22. The molecule has 0 N–H and O–H groups in total. The third-order valence-electron chi connectivity index (χ3n) is 3.28. The topological polar surface area (TPSA) is 3.88 Å². The van der Waals surface area contributed by atoms with Crippen molar-refractivity contribution < 1.29 is 4.57 Å². The van der Waals surface area contributed by atoms with Crippen LogP contribution in [0.4, 0.5) is 0 Å². The molecule has 110 valence electrons. The predicted octanol–water partition coefficient (Wildman–Crippen LogP) is 5.03. The molecule has 1 rings (SSSR count). The number of aromatic nitrogens is 1. The molecule has 1 heteroatoms. The minimum atomic E-state index is 1.01. The lowest BCUT2D eigenvalue weighted by Gasteiger charge is -2.02. The summed E-state index contributed by atoms with van der Waals surface area (Å²) in [6.07, 6.45) is 18.6. The van der Waals surface area contributed by atoms with E-state index in [2.05, 4.69) is 54.4 Å². The number of aryl methyl sites for hydroxylation is 1. The molecule has 0 spiro atoms. The Morgan fingerprint density at radius 3 is 2.48 bits per heavy atom. The van der Waals surface area contributed by atoms with Crippen LogP contribution in [0.1, 0.15) is 32.3 Å². The molecule has 0 aliphatic carbocycles. The van der Waals surface area contributed by atoms with Crippen molar-refractivity contribution in [1.82, 2.24) is 0 Å². The number of hydrogen-bond acceptors (Lipinski definition) is 0. The number of pyridine rings is 1. The molecule has 0 saturated carbocycles. The average Bonchev–Trinajstić information content (AvgIpc) is 2.51. The van der Waals surface area contributed by atoms with E-state index in [1.54, 1.807) is 0 Å². The van der Waals surface area contributed by atoms with Gasteiger partial charge in [-0.2, -0.15) is 0 Å². The fourth-order valence-electron chi connectivity index (χ4n) is 2.06. The van der Waals surface area contributed by atoms with E-state index in [0.29, 0.717) is 0 Å². The van der Waals surface area contributed by atoms with Crippen LogP contribution in [0, 0.1) is 0 Å². The first-order valence-corrected chi connectivity index (χ1v) is 7.46. The van der Waals surface area contributed by atoms with E-state index in [1.807, 2.05) is 38.2 Å². The molecule has 1 heterocycles. The lowest BCUT2D eigenvalue weighted by Crippen LogP contribution is -2.32. The first-order valence-electron chi connectivity index (χ1n) is 7.46. The van der Waals surface area contributed by atoms with Crippen LogP contribution in [0.5, 0.6) is 0 Å². The van der Waals surface area contributed by atoms with Crippen molar-refractivity contribution in [3.63, 3.8) is 0 Å². The predicted molar refractivity (Wildman–Crippen MR) is 92.8 cm³/mol. The Labute approximate surface area is 129 Å². The summed E-state index contributed by atoms with van der Waals surface area (Å²) in [5.74, 6) is 0. The van der Waals surface area contributed by atoms with Gasteiger partial charge in [0.25, 0.3) is 0 Å². The second kappa shape index (κ2) is 9.71. The summed E-state index contributed by atoms with van der Waals surface area (Å²) in [4.78, 5) is 0. The highest BCUT2D eigenvalue weighted by Crippen LogP contribution is 2.11. The van der Waals surface area contributed by atoms with E-state index in [0.717, 1.165) is 25.0 Å². The largest absolute Gasteiger partial charge is 0.205 e. The lowest BCUT2D eigenvalue weighted by atomic mass is 10.1. The standard InChI is InChI=1S/C20H26N/c1-5-8-11-19(7-3)12-9-15-21-16-13-20(14-17-21)18(4)10-6-2/h5-8,10-11,13-14,16-17H,3-4,9,12,15H2,1-2H3/q+1/b8-5-,10-6-,19-11+. The molecule has 0 radical (unpaired) electrons. The average molecular weight is 280 g/mol. The van der Waals surface area contributed by atoms with Crippen LogP contribution in [0.25, 0.3) is 5.57 Å². The molecule has 1 aromatic heterocycles. The number of rotatable bonds is 8. The van der Waals surface area contributed by atoms with Crippen molar-refractivity contribution in [2.24, 2.45) is 0 Å². The summed E-state index contributed by atoms with van der Waals surface area (Å²) in [6, 6.07) is 4.23. The van der Waals surface area contributed by atoms with E-state index in [1.165, 1.54) is 11.1 Å². The van der Waals surface area contributed by atoms with E-state index in [-0.39, 0.29) is 0 Å². The van der Waals surface area contributed by atoms with Gasteiger partial charge in [-0.05, 0) is 37.0 Å². The quantitative estimate of drug-likeness (QED) is 0.464. The van der Waals surface area contributed by atoms with Crippen LogP contribution in [-0.2, 0) is 6.54 Å². The van der Waals surface area contributed by atoms with Crippen LogP contribution >= 0.6 is 0 Å². The van der Waals surface area contributed by atoms with Crippen molar-refractivity contribution >= 4 is 5.57 Å². The van der Waals surface area contributed by atoms with Gasteiger partial charge in [0.2, 0.25) is 0 Å². The van der Waals surface area contributed by atoms with Gasteiger partial charge in [0, 0.05) is 18.6 Å². The maximum Gasteiger partial charge on any atom is 0.169 e. The van der Waals surface area contributed by atoms with Crippen LogP contribution in [0.3, 0.4) is 0 Å². The molecular weight excluding hydrogens is 254 g/mol. The molecule has 0 atom stereocenters. The molecule has 0 amide bonds. The van der Waals surface area contributed by atoms with E-state index >= 15 is 0 Å². The Hall–Kier alpha value is -2.15. The van der Waals surface area contributed by atoms with Gasteiger partial charge in [-0.15, -0.1) is 0 Å². The molecule has 1 aromatic rings. The maximum absolute atomic E-state index is 4.05.